The zero-order chi connectivity index (χ0) is 17.4. The van der Waals surface area contributed by atoms with E-state index in [0.717, 1.165) is 17.0 Å². The van der Waals surface area contributed by atoms with E-state index in [-0.39, 0.29) is 0 Å². The maximum Gasteiger partial charge on any atom is 0.321 e. The van der Waals surface area contributed by atoms with Gasteiger partial charge in [0.15, 0.2) is 0 Å². The summed E-state index contributed by atoms with van der Waals surface area (Å²) in [4.78, 5) is 23.9. The maximum absolute atomic E-state index is 12.4. The van der Waals surface area contributed by atoms with Crippen LogP contribution in [0.15, 0.2) is 54.6 Å². The normalized spacial score (nSPS) is 11.2. The maximum atomic E-state index is 12.4. The monoisotopic (exact) mass is 327 g/mol. The van der Waals surface area contributed by atoms with Gasteiger partial charge in [-0.25, -0.2) is 4.79 Å². The number of imide groups is 1. The van der Waals surface area contributed by atoms with Gasteiger partial charge >= 0.3 is 6.03 Å². The average Bonchev–Trinajstić information content (AvgIpc) is 2.61. The van der Waals surface area contributed by atoms with Crippen molar-refractivity contribution in [2.75, 3.05) is 19.0 Å². The first-order valence-corrected chi connectivity index (χ1v) is 7.71. The standard InChI is InChI=1S/C18H21N3O3/c1-3-24-15-11-9-14(10-12-15)20-16(13-7-5-4-6-8-13)17(22)21-18(23)19-2/h4-12,16,20H,3H2,1-2H3,(H2,19,21,22,23)/t16-/m1/s1. The lowest BCUT2D eigenvalue weighted by Crippen LogP contribution is -2.42. The van der Waals surface area contributed by atoms with Gasteiger partial charge in [-0.1, -0.05) is 30.3 Å². The molecule has 0 aliphatic carbocycles. The highest BCUT2D eigenvalue weighted by molar-refractivity contribution is 5.98. The predicted molar refractivity (Wildman–Crippen MR) is 93.0 cm³/mol. The van der Waals surface area contributed by atoms with Crippen molar-refractivity contribution >= 4 is 17.6 Å². The Hall–Kier alpha value is -3.02. The third-order valence-corrected chi connectivity index (χ3v) is 3.34. The van der Waals surface area contributed by atoms with Crippen LogP contribution in [0, 0.1) is 0 Å². The fourth-order valence-corrected chi connectivity index (χ4v) is 2.17. The number of anilines is 1. The van der Waals surface area contributed by atoms with Crippen molar-refractivity contribution in [1.29, 1.82) is 0 Å². The first-order valence-electron chi connectivity index (χ1n) is 7.71. The first-order chi connectivity index (χ1) is 11.6. The third kappa shape index (κ3) is 4.74. The van der Waals surface area contributed by atoms with E-state index < -0.39 is 18.0 Å². The molecule has 1 atom stereocenters. The molecule has 0 saturated heterocycles. The molecule has 24 heavy (non-hydrogen) atoms. The molecule has 0 radical (unpaired) electrons. The van der Waals surface area contributed by atoms with Gasteiger partial charge in [0.05, 0.1) is 6.61 Å². The van der Waals surface area contributed by atoms with Crippen LogP contribution in [0.4, 0.5) is 10.5 Å². The minimum atomic E-state index is -0.693. The van der Waals surface area contributed by atoms with Crippen LogP contribution < -0.4 is 20.7 Å². The van der Waals surface area contributed by atoms with Gasteiger partial charge in [0.2, 0.25) is 0 Å². The first kappa shape index (κ1) is 17.3. The summed E-state index contributed by atoms with van der Waals surface area (Å²) in [6.07, 6.45) is 0. The fourth-order valence-electron chi connectivity index (χ4n) is 2.17. The van der Waals surface area contributed by atoms with Gasteiger partial charge in [0.1, 0.15) is 11.8 Å². The Bertz CT molecular complexity index is 672. The minimum Gasteiger partial charge on any atom is -0.494 e. The second-order valence-corrected chi connectivity index (χ2v) is 5.01. The molecule has 2 rings (SSSR count). The molecular weight excluding hydrogens is 306 g/mol. The number of nitrogens with one attached hydrogen (secondary N) is 3. The Morgan fingerprint density at radius 1 is 1.04 bits per heavy atom. The van der Waals surface area contributed by atoms with Gasteiger partial charge in [-0.15, -0.1) is 0 Å². The number of hydrogen-bond donors (Lipinski definition) is 3. The molecule has 6 heteroatoms. The van der Waals surface area contributed by atoms with Crippen molar-refractivity contribution in [2.24, 2.45) is 0 Å². The molecule has 0 bridgehead atoms. The van der Waals surface area contributed by atoms with Crippen LogP contribution in [-0.2, 0) is 4.79 Å². The summed E-state index contributed by atoms with van der Waals surface area (Å²) in [7, 11) is 1.46. The summed E-state index contributed by atoms with van der Waals surface area (Å²) < 4.78 is 5.41. The molecule has 0 fully saturated rings. The smallest absolute Gasteiger partial charge is 0.321 e. The van der Waals surface area contributed by atoms with E-state index in [1.165, 1.54) is 7.05 Å². The van der Waals surface area contributed by atoms with Crippen LogP contribution in [0.2, 0.25) is 0 Å². The van der Waals surface area contributed by atoms with Crippen molar-refractivity contribution in [3.63, 3.8) is 0 Å². The number of urea groups is 1. The number of hydrogen-bond acceptors (Lipinski definition) is 4. The van der Waals surface area contributed by atoms with Crippen LogP contribution in [0.5, 0.6) is 5.75 Å². The van der Waals surface area contributed by atoms with E-state index in [1.54, 1.807) is 0 Å². The summed E-state index contributed by atoms with van der Waals surface area (Å²) in [6.45, 7) is 2.51. The number of ether oxygens (including phenoxy) is 1. The zero-order valence-electron chi connectivity index (χ0n) is 13.7. The summed E-state index contributed by atoms with van der Waals surface area (Å²) in [5.41, 5.74) is 1.51. The molecule has 126 valence electrons. The van der Waals surface area contributed by atoms with Crippen molar-refractivity contribution in [3.8, 4) is 5.75 Å². The van der Waals surface area contributed by atoms with Crippen molar-refractivity contribution in [2.45, 2.75) is 13.0 Å². The van der Waals surface area contributed by atoms with Gasteiger partial charge in [0.25, 0.3) is 5.91 Å². The molecule has 2 aromatic carbocycles. The SMILES string of the molecule is CCOc1ccc(N[C@@H](C(=O)NC(=O)NC)c2ccccc2)cc1. The van der Waals surface area contributed by atoms with E-state index in [2.05, 4.69) is 16.0 Å². The number of rotatable bonds is 6. The summed E-state index contributed by atoms with van der Waals surface area (Å²) in [5.74, 6) is 0.323. The fraction of sp³-hybridized carbons (Fsp3) is 0.222. The largest absolute Gasteiger partial charge is 0.494 e. The van der Waals surface area contributed by atoms with E-state index in [9.17, 15) is 9.59 Å². The third-order valence-electron chi connectivity index (χ3n) is 3.34. The van der Waals surface area contributed by atoms with E-state index in [1.807, 2.05) is 61.5 Å². The number of amides is 3. The molecule has 2 aromatic rings. The second-order valence-electron chi connectivity index (χ2n) is 5.01. The quantitative estimate of drug-likeness (QED) is 0.762. The van der Waals surface area contributed by atoms with Crippen LogP contribution in [0.1, 0.15) is 18.5 Å². The molecule has 0 aliphatic heterocycles. The van der Waals surface area contributed by atoms with Gasteiger partial charge in [-0.2, -0.15) is 0 Å². The van der Waals surface area contributed by atoms with Crippen LogP contribution in [0.25, 0.3) is 0 Å². The highest BCUT2D eigenvalue weighted by Crippen LogP contribution is 2.22. The van der Waals surface area contributed by atoms with Crippen molar-refractivity contribution in [3.05, 3.63) is 60.2 Å². The Morgan fingerprint density at radius 2 is 1.71 bits per heavy atom. The molecule has 0 aliphatic rings. The lowest BCUT2D eigenvalue weighted by atomic mass is 10.1. The lowest BCUT2D eigenvalue weighted by molar-refractivity contribution is -0.120. The average molecular weight is 327 g/mol. The lowest BCUT2D eigenvalue weighted by Gasteiger charge is -2.19. The molecule has 6 nitrogen and oxygen atoms in total. The van der Waals surface area contributed by atoms with Gasteiger partial charge in [-0.05, 0) is 36.8 Å². The van der Waals surface area contributed by atoms with E-state index in [4.69, 9.17) is 4.74 Å². The van der Waals surface area contributed by atoms with E-state index >= 15 is 0 Å². The topological polar surface area (TPSA) is 79.5 Å². The highest BCUT2D eigenvalue weighted by Gasteiger charge is 2.22. The number of carbonyl (C=O) groups excluding carboxylic acids is 2. The zero-order valence-corrected chi connectivity index (χ0v) is 13.7. The van der Waals surface area contributed by atoms with Crippen molar-refractivity contribution < 1.29 is 14.3 Å². The van der Waals surface area contributed by atoms with Gasteiger partial charge in [0, 0.05) is 12.7 Å². The predicted octanol–water partition coefficient (Wildman–Crippen LogP) is 2.69. The molecule has 3 N–H and O–H groups in total. The Morgan fingerprint density at radius 3 is 2.29 bits per heavy atom. The Labute approximate surface area is 141 Å². The molecule has 0 saturated carbocycles. The molecule has 0 heterocycles. The minimum absolute atomic E-state index is 0.436. The number of benzene rings is 2. The molecule has 0 aromatic heterocycles. The van der Waals surface area contributed by atoms with Crippen LogP contribution in [0.3, 0.4) is 0 Å². The van der Waals surface area contributed by atoms with Crippen molar-refractivity contribution in [1.82, 2.24) is 10.6 Å². The Balaban J connectivity index is 2.19. The van der Waals surface area contributed by atoms with Crippen LogP contribution in [-0.4, -0.2) is 25.6 Å². The molecule has 3 amide bonds. The summed E-state index contributed by atoms with van der Waals surface area (Å²) >= 11 is 0. The molecule has 0 unspecified atom stereocenters. The van der Waals surface area contributed by atoms with Crippen LogP contribution >= 0.6 is 0 Å². The number of carbonyl (C=O) groups is 2. The van der Waals surface area contributed by atoms with Gasteiger partial charge < -0.3 is 15.4 Å². The second kappa shape index (κ2) is 8.57. The molecular formula is C18H21N3O3. The summed E-state index contributed by atoms with van der Waals surface area (Å²) in [5, 5.41) is 7.82. The van der Waals surface area contributed by atoms with E-state index in [0.29, 0.717) is 6.61 Å². The highest BCUT2D eigenvalue weighted by atomic mass is 16.5. The van der Waals surface area contributed by atoms with Gasteiger partial charge in [-0.3, -0.25) is 10.1 Å². The summed E-state index contributed by atoms with van der Waals surface area (Å²) in [6, 6.07) is 15.3. The Kier molecular flexibility index (Phi) is 6.19. The molecule has 0 spiro atoms.